The smallest absolute Gasteiger partial charge is 0.339 e. The largest absolute Gasteiger partial charge is 0.507 e. The monoisotopic (exact) mass is 464 g/mol. The SMILES string of the molecule is CC(C)(C)Oc1ccccc1OCCOc1ccc(C(C)(C)c2ccc(O)c(C(=O)O)c2)cc1. The van der Waals surface area contributed by atoms with Crippen molar-refractivity contribution in [1.29, 1.82) is 0 Å². The zero-order chi connectivity index (χ0) is 24.9. The maximum atomic E-state index is 11.4. The van der Waals surface area contributed by atoms with Crippen LogP contribution in [0, 0.1) is 0 Å². The van der Waals surface area contributed by atoms with Gasteiger partial charge in [0, 0.05) is 5.41 Å². The molecule has 0 aromatic heterocycles. The summed E-state index contributed by atoms with van der Waals surface area (Å²) in [6.07, 6.45) is 0. The van der Waals surface area contributed by atoms with Crippen molar-refractivity contribution >= 4 is 5.97 Å². The number of aromatic hydroxyl groups is 1. The molecule has 0 spiro atoms. The Morgan fingerprint density at radius 2 is 1.38 bits per heavy atom. The second-order valence-corrected chi connectivity index (χ2v) is 9.54. The van der Waals surface area contributed by atoms with Gasteiger partial charge in [-0.3, -0.25) is 0 Å². The number of carboxylic acids is 1. The van der Waals surface area contributed by atoms with E-state index in [-0.39, 0.29) is 16.9 Å². The Balaban J connectivity index is 1.61. The molecule has 0 aliphatic carbocycles. The van der Waals surface area contributed by atoms with Gasteiger partial charge in [0.05, 0.1) is 0 Å². The third-order valence-electron chi connectivity index (χ3n) is 5.40. The van der Waals surface area contributed by atoms with E-state index in [0.717, 1.165) is 11.1 Å². The minimum atomic E-state index is -1.16. The van der Waals surface area contributed by atoms with Gasteiger partial charge in [0.2, 0.25) is 0 Å². The highest BCUT2D eigenvalue weighted by Gasteiger charge is 2.25. The number of benzene rings is 3. The predicted molar refractivity (Wildman–Crippen MR) is 131 cm³/mol. The first-order valence-corrected chi connectivity index (χ1v) is 11.2. The lowest BCUT2D eigenvalue weighted by molar-refractivity contribution is 0.0693. The summed E-state index contributed by atoms with van der Waals surface area (Å²) < 4.78 is 17.6. The lowest BCUT2D eigenvalue weighted by Crippen LogP contribution is -2.23. The molecule has 6 heteroatoms. The zero-order valence-electron chi connectivity index (χ0n) is 20.3. The molecular formula is C28H32O6. The van der Waals surface area contributed by atoms with Crippen molar-refractivity contribution in [2.45, 2.75) is 45.6 Å². The van der Waals surface area contributed by atoms with E-state index < -0.39 is 11.4 Å². The number of ether oxygens (including phenoxy) is 3. The van der Waals surface area contributed by atoms with Gasteiger partial charge >= 0.3 is 5.97 Å². The summed E-state index contributed by atoms with van der Waals surface area (Å²) in [6.45, 7) is 10.7. The summed E-state index contributed by atoms with van der Waals surface area (Å²) in [6, 6.07) is 19.9. The van der Waals surface area contributed by atoms with Crippen LogP contribution in [0.4, 0.5) is 0 Å². The minimum Gasteiger partial charge on any atom is -0.507 e. The number of carbonyl (C=O) groups is 1. The second kappa shape index (κ2) is 10.1. The Labute approximate surface area is 200 Å². The van der Waals surface area contributed by atoms with E-state index in [1.54, 1.807) is 6.07 Å². The Morgan fingerprint density at radius 3 is 2.00 bits per heavy atom. The third-order valence-corrected chi connectivity index (χ3v) is 5.40. The number of carboxylic acid groups (broad SMARTS) is 1. The van der Waals surface area contributed by atoms with Crippen LogP contribution in [-0.4, -0.2) is 35.0 Å². The second-order valence-electron chi connectivity index (χ2n) is 9.54. The Kier molecular flexibility index (Phi) is 7.40. The van der Waals surface area contributed by atoms with Gasteiger partial charge < -0.3 is 24.4 Å². The topological polar surface area (TPSA) is 85.2 Å². The molecule has 0 radical (unpaired) electrons. The van der Waals surface area contributed by atoms with Crippen LogP contribution in [-0.2, 0) is 5.41 Å². The molecule has 0 amide bonds. The molecule has 0 atom stereocenters. The average Bonchev–Trinajstić information content (AvgIpc) is 2.77. The number of aromatic carboxylic acids is 1. The van der Waals surface area contributed by atoms with Crippen molar-refractivity contribution in [1.82, 2.24) is 0 Å². The van der Waals surface area contributed by atoms with Crippen LogP contribution < -0.4 is 14.2 Å². The van der Waals surface area contributed by atoms with E-state index in [0.29, 0.717) is 30.5 Å². The molecule has 0 saturated carbocycles. The van der Waals surface area contributed by atoms with E-state index in [2.05, 4.69) is 0 Å². The molecule has 0 aliphatic heterocycles. The van der Waals surface area contributed by atoms with E-state index in [9.17, 15) is 15.0 Å². The van der Waals surface area contributed by atoms with Gasteiger partial charge in [0.15, 0.2) is 11.5 Å². The highest BCUT2D eigenvalue weighted by molar-refractivity contribution is 5.91. The standard InChI is InChI=1S/C28H32O6/c1-27(2,3)34-25-9-7-6-8-24(25)33-17-16-32-21-13-10-19(11-14-21)28(4,5)20-12-15-23(29)22(18-20)26(30)31/h6-15,18,29H,16-17H2,1-5H3,(H,30,31). The van der Waals surface area contributed by atoms with Gasteiger partial charge in [-0.25, -0.2) is 4.79 Å². The van der Waals surface area contributed by atoms with E-state index in [1.165, 1.54) is 12.1 Å². The van der Waals surface area contributed by atoms with Gasteiger partial charge in [-0.1, -0.05) is 44.2 Å². The molecule has 180 valence electrons. The molecule has 3 rings (SSSR count). The van der Waals surface area contributed by atoms with Crippen molar-refractivity contribution in [3.8, 4) is 23.0 Å². The molecule has 3 aromatic rings. The van der Waals surface area contributed by atoms with Crippen molar-refractivity contribution in [2.24, 2.45) is 0 Å². The van der Waals surface area contributed by atoms with E-state index in [4.69, 9.17) is 14.2 Å². The van der Waals surface area contributed by atoms with Gasteiger partial charge in [-0.15, -0.1) is 0 Å². The number of hydrogen-bond acceptors (Lipinski definition) is 5. The van der Waals surface area contributed by atoms with Gasteiger partial charge in [-0.05, 0) is 68.3 Å². The first kappa shape index (κ1) is 25.0. The minimum absolute atomic E-state index is 0.111. The molecule has 0 unspecified atom stereocenters. The van der Waals surface area contributed by atoms with Crippen LogP contribution in [0.5, 0.6) is 23.0 Å². The number of hydrogen-bond donors (Lipinski definition) is 2. The Morgan fingerprint density at radius 1 is 0.794 bits per heavy atom. The van der Waals surface area contributed by atoms with Gasteiger partial charge in [-0.2, -0.15) is 0 Å². The highest BCUT2D eigenvalue weighted by atomic mass is 16.5. The van der Waals surface area contributed by atoms with Crippen LogP contribution >= 0.6 is 0 Å². The lowest BCUT2D eigenvalue weighted by Gasteiger charge is -2.27. The number of rotatable bonds is 9. The maximum absolute atomic E-state index is 11.4. The van der Waals surface area contributed by atoms with Crippen LogP contribution in [0.25, 0.3) is 0 Å². The molecule has 0 aliphatic rings. The van der Waals surface area contributed by atoms with Crippen LogP contribution in [0.3, 0.4) is 0 Å². The Bertz CT molecular complexity index is 1130. The quantitative estimate of drug-likeness (QED) is 0.375. The number of phenols is 1. The van der Waals surface area contributed by atoms with Crippen LogP contribution in [0.15, 0.2) is 66.7 Å². The molecule has 6 nitrogen and oxygen atoms in total. The van der Waals surface area contributed by atoms with Crippen molar-refractivity contribution < 1.29 is 29.2 Å². The fourth-order valence-electron chi connectivity index (χ4n) is 3.53. The maximum Gasteiger partial charge on any atom is 0.339 e. The van der Waals surface area contributed by atoms with Crippen LogP contribution in [0.2, 0.25) is 0 Å². The van der Waals surface area contributed by atoms with Crippen molar-refractivity contribution in [2.75, 3.05) is 13.2 Å². The molecule has 0 bridgehead atoms. The van der Waals surface area contributed by atoms with Gasteiger partial charge in [0.1, 0.15) is 35.9 Å². The first-order chi connectivity index (χ1) is 16.0. The summed E-state index contributed by atoms with van der Waals surface area (Å²) in [5, 5.41) is 19.1. The normalized spacial score (nSPS) is 11.7. The Hall–Kier alpha value is -3.67. The molecule has 0 heterocycles. The molecule has 34 heavy (non-hydrogen) atoms. The van der Waals surface area contributed by atoms with E-state index >= 15 is 0 Å². The van der Waals surface area contributed by atoms with Crippen LogP contribution in [0.1, 0.15) is 56.1 Å². The molecule has 2 N–H and O–H groups in total. The predicted octanol–water partition coefficient (Wildman–Crippen LogP) is 6.05. The first-order valence-electron chi connectivity index (χ1n) is 11.2. The summed E-state index contributed by atoms with van der Waals surface area (Å²) in [5.41, 5.74) is 0.893. The summed E-state index contributed by atoms with van der Waals surface area (Å²) in [7, 11) is 0. The fraction of sp³-hybridized carbons (Fsp3) is 0.321. The van der Waals surface area contributed by atoms with Gasteiger partial charge in [0.25, 0.3) is 0 Å². The van der Waals surface area contributed by atoms with Crippen molar-refractivity contribution in [3.05, 3.63) is 83.4 Å². The van der Waals surface area contributed by atoms with E-state index in [1.807, 2.05) is 83.1 Å². The summed E-state index contributed by atoms with van der Waals surface area (Å²) in [4.78, 5) is 11.4. The average molecular weight is 465 g/mol. The summed E-state index contributed by atoms with van der Waals surface area (Å²) >= 11 is 0. The molecule has 0 fully saturated rings. The lowest BCUT2D eigenvalue weighted by atomic mass is 9.77. The molecule has 0 saturated heterocycles. The highest BCUT2D eigenvalue weighted by Crippen LogP contribution is 2.35. The zero-order valence-corrected chi connectivity index (χ0v) is 20.3. The van der Waals surface area contributed by atoms with Crippen molar-refractivity contribution in [3.63, 3.8) is 0 Å². The fourth-order valence-corrected chi connectivity index (χ4v) is 3.53. The molecular weight excluding hydrogens is 432 g/mol. The third kappa shape index (κ3) is 6.22. The summed E-state index contributed by atoms with van der Waals surface area (Å²) in [5.74, 6) is 0.674. The number of para-hydroxylation sites is 2. The molecule has 3 aromatic carbocycles.